The van der Waals surface area contributed by atoms with E-state index in [0.717, 1.165) is 5.92 Å². The van der Waals surface area contributed by atoms with Crippen molar-refractivity contribution in [2.24, 2.45) is 5.92 Å². The Morgan fingerprint density at radius 3 is 0.815 bits per heavy atom. The van der Waals surface area contributed by atoms with E-state index < -0.39 is 0 Å². The first-order valence-electron chi connectivity index (χ1n) is 25.9. The van der Waals surface area contributed by atoms with E-state index in [2.05, 4.69) is 48.5 Å². The zero-order valence-electron chi connectivity index (χ0n) is 39.3. The van der Waals surface area contributed by atoms with Crippen LogP contribution in [0.2, 0.25) is 0 Å². The Morgan fingerprint density at radius 1 is 0.278 bits per heavy atom. The van der Waals surface area contributed by atoms with Crippen LogP contribution in [-0.2, 0) is 0 Å². The van der Waals surface area contributed by atoms with Crippen LogP contribution in [-0.4, -0.2) is 29.7 Å². The van der Waals surface area contributed by atoms with E-state index >= 15 is 0 Å². The molecule has 0 aromatic rings. The molecule has 0 saturated heterocycles. The SMILES string of the molecule is CCCCCCCCCC[N+](CCCCCCCCCC)(CCCCCCCCCC)C(CCCC)(CCCC)C(CCCC)CCCCCCCC.[Br-]. The van der Waals surface area contributed by atoms with Gasteiger partial charge in [-0.1, -0.05) is 228 Å². The molecule has 0 spiro atoms. The second-order valence-corrected chi connectivity index (χ2v) is 18.4. The van der Waals surface area contributed by atoms with E-state index in [9.17, 15) is 0 Å². The van der Waals surface area contributed by atoms with Crippen molar-refractivity contribution in [3.63, 3.8) is 0 Å². The number of unbranched alkanes of at least 4 members (excludes halogenated alkanes) is 29. The summed E-state index contributed by atoms with van der Waals surface area (Å²) in [7, 11) is 0. The van der Waals surface area contributed by atoms with Crippen molar-refractivity contribution in [1.29, 1.82) is 0 Å². The van der Waals surface area contributed by atoms with Gasteiger partial charge in [0.25, 0.3) is 0 Å². The van der Waals surface area contributed by atoms with Gasteiger partial charge < -0.3 is 21.5 Å². The first-order chi connectivity index (χ1) is 26.1. The maximum Gasteiger partial charge on any atom is 0.102 e. The number of hydrogen-bond acceptors (Lipinski definition) is 0. The molecule has 0 N–H and O–H groups in total. The molecule has 0 amide bonds. The van der Waals surface area contributed by atoms with Crippen molar-refractivity contribution in [3.05, 3.63) is 0 Å². The largest absolute Gasteiger partial charge is 1.00 e. The molecule has 0 aliphatic rings. The van der Waals surface area contributed by atoms with Crippen LogP contribution in [0.4, 0.5) is 0 Å². The summed E-state index contributed by atoms with van der Waals surface area (Å²) in [5.41, 5.74) is 0.494. The fourth-order valence-corrected chi connectivity index (χ4v) is 10.3. The summed E-state index contributed by atoms with van der Waals surface area (Å²) >= 11 is 0. The Labute approximate surface area is 356 Å². The maximum atomic E-state index is 2.50. The minimum Gasteiger partial charge on any atom is -1.00 e. The van der Waals surface area contributed by atoms with E-state index in [4.69, 9.17) is 0 Å². The number of nitrogens with zero attached hydrogens (tertiary/aromatic N) is 1. The van der Waals surface area contributed by atoms with E-state index in [0.29, 0.717) is 5.54 Å². The van der Waals surface area contributed by atoms with E-state index in [1.165, 1.54) is 281 Å². The van der Waals surface area contributed by atoms with Crippen LogP contribution >= 0.6 is 0 Å². The first-order valence-corrected chi connectivity index (χ1v) is 25.9. The van der Waals surface area contributed by atoms with Gasteiger partial charge in [-0.3, -0.25) is 0 Å². The summed E-state index contributed by atoms with van der Waals surface area (Å²) in [4.78, 5) is 0. The molecule has 0 aromatic carbocycles. The molecule has 0 saturated carbocycles. The molecular formula is C52H108BrN. The van der Waals surface area contributed by atoms with Gasteiger partial charge in [0.1, 0.15) is 5.54 Å². The standard InChI is InChI=1S/C52H108N.BrH/c1-8-15-22-26-30-33-37-41-48-53(49-42-38-34-31-27-23-16-9-2,50-43-39-35-32-28-24-17-10-3)52(46-20-13-6,47-21-14-7)51(44-19-12-5)45-40-36-29-25-18-11-4;/h51H,8-50H2,1-7H3;1H/q+1;/p-1. The lowest BCUT2D eigenvalue weighted by Gasteiger charge is -2.58. The third kappa shape index (κ3) is 28.0. The second kappa shape index (κ2) is 43.0. The molecule has 0 rings (SSSR count). The molecule has 0 fully saturated rings. The summed E-state index contributed by atoms with van der Waals surface area (Å²) in [6.07, 6.45) is 58.2. The van der Waals surface area contributed by atoms with Gasteiger partial charge >= 0.3 is 0 Å². The van der Waals surface area contributed by atoms with Gasteiger partial charge in [-0.25, -0.2) is 0 Å². The maximum absolute atomic E-state index is 2.50. The minimum atomic E-state index is 0. The van der Waals surface area contributed by atoms with Crippen molar-refractivity contribution in [2.75, 3.05) is 19.6 Å². The molecule has 0 bridgehead atoms. The van der Waals surface area contributed by atoms with Gasteiger partial charge in [0.15, 0.2) is 0 Å². The fraction of sp³-hybridized carbons (Fsp3) is 1.00. The predicted molar refractivity (Wildman–Crippen MR) is 245 cm³/mol. The third-order valence-corrected chi connectivity index (χ3v) is 13.8. The molecule has 1 atom stereocenters. The summed E-state index contributed by atoms with van der Waals surface area (Å²) in [5.74, 6) is 0.920. The first kappa shape index (κ1) is 56.5. The Kier molecular flexibility index (Phi) is 45.1. The van der Waals surface area contributed by atoms with Gasteiger partial charge in [0.2, 0.25) is 0 Å². The van der Waals surface area contributed by atoms with Crippen molar-refractivity contribution < 1.29 is 21.5 Å². The van der Waals surface area contributed by atoms with Crippen molar-refractivity contribution in [3.8, 4) is 0 Å². The summed E-state index contributed by atoms with van der Waals surface area (Å²) in [6, 6.07) is 0. The van der Waals surface area contributed by atoms with Crippen LogP contribution in [0.25, 0.3) is 0 Å². The van der Waals surface area contributed by atoms with Crippen molar-refractivity contribution in [1.82, 2.24) is 0 Å². The molecule has 1 nitrogen and oxygen atoms in total. The minimum absolute atomic E-state index is 0. The fourth-order valence-electron chi connectivity index (χ4n) is 10.3. The highest BCUT2D eigenvalue weighted by atomic mass is 79.9. The molecule has 0 aliphatic heterocycles. The number of rotatable bonds is 45. The van der Waals surface area contributed by atoms with Gasteiger partial charge in [-0.2, -0.15) is 0 Å². The lowest BCUT2D eigenvalue weighted by molar-refractivity contribution is -0.982. The quantitative estimate of drug-likeness (QED) is 0.0424. The summed E-state index contributed by atoms with van der Waals surface area (Å²) in [6.45, 7) is 21.4. The Hall–Kier alpha value is 0.440. The highest BCUT2D eigenvalue weighted by Gasteiger charge is 2.53. The van der Waals surface area contributed by atoms with Crippen molar-refractivity contribution >= 4 is 0 Å². The highest BCUT2D eigenvalue weighted by Crippen LogP contribution is 2.47. The zero-order valence-corrected chi connectivity index (χ0v) is 40.9. The lowest BCUT2D eigenvalue weighted by atomic mass is 9.68. The van der Waals surface area contributed by atoms with Crippen LogP contribution in [0.15, 0.2) is 0 Å². The third-order valence-electron chi connectivity index (χ3n) is 13.8. The molecule has 0 heterocycles. The number of halogens is 1. The predicted octanol–water partition coefficient (Wildman–Crippen LogP) is 15.9. The molecule has 0 aromatic heterocycles. The highest BCUT2D eigenvalue weighted by molar-refractivity contribution is 4.91. The molecule has 328 valence electrons. The normalized spacial score (nSPS) is 12.7. The van der Waals surface area contributed by atoms with Crippen LogP contribution in [0, 0.1) is 5.92 Å². The number of quaternary nitrogens is 1. The van der Waals surface area contributed by atoms with E-state index in [-0.39, 0.29) is 17.0 Å². The van der Waals surface area contributed by atoms with Crippen LogP contribution in [0.5, 0.6) is 0 Å². The average molecular weight is 827 g/mol. The van der Waals surface area contributed by atoms with Crippen LogP contribution in [0.1, 0.15) is 305 Å². The molecule has 0 radical (unpaired) electrons. The lowest BCUT2D eigenvalue weighted by Crippen LogP contribution is -3.00. The Bertz CT molecular complexity index is 632. The van der Waals surface area contributed by atoms with Gasteiger partial charge in [-0.15, -0.1) is 0 Å². The van der Waals surface area contributed by atoms with Crippen molar-refractivity contribution in [2.45, 2.75) is 311 Å². The molecule has 2 heteroatoms. The van der Waals surface area contributed by atoms with Gasteiger partial charge in [0, 0.05) is 18.8 Å². The van der Waals surface area contributed by atoms with E-state index in [1.807, 2.05) is 0 Å². The molecule has 54 heavy (non-hydrogen) atoms. The monoisotopic (exact) mass is 826 g/mol. The zero-order chi connectivity index (χ0) is 39.0. The smallest absolute Gasteiger partial charge is 0.102 e. The molecule has 0 aliphatic carbocycles. The second-order valence-electron chi connectivity index (χ2n) is 18.4. The van der Waals surface area contributed by atoms with Crippen LogP contribution in [0.3, 0.4) is 0 Å². The Balaban J connectivity index is 0. The summed E-state index contributed by atoms with van der Waals surface area (Å²) < 4.78 is 1.53. The summed E-state index contributed by atoms with van der Waals surface area (Å²) in [5, 5.41) is 0. The van der Waals surface area contributed by atoms with Gasteiger partial charge in [-0.05, 0) is 64.2 Å². The van der Waals surface area contributed by atoms with E-state index in [1.54, 1.807) is 0 Å². The van der Waals surface area contributed by atoms with Crippen LogP contribution < -0.4 is 17.0 Å². The average Bonchev–Trinajstić information content (AvgIpc) is 3.17. The van der Waals surface area contributed by atoms with Gasteiger partial charge in [0.05, 0.1) is 19.6 Å². The Morgan fingerprint density at radius 2 is 0.519 bits per heavy atom. The molecular weight excluding hydrogens is 718 g/mol. The number of hydrogen-bond donors (Lipinski definition) is 0. The molecule has 1 unspecified atom stereocenters. The topological polar surface area (TPSA) is 0 Å².